The molecule has 0 saturated heterocycles. The Morgan fingerprint density at radius 2 is 2.14 bits per heavy atom. The molecule has 1 atom stereocenters. The first-order valence-corrected chi connectivity index (χ1v) is 8.90. The van der Waals surface area contributed by atoms with E-state index in [2.05, 4.69) is 32.3 Å². The van der Waals surface area contributed by atoms with Crippen LogP contribution in [0, 0.1) is 0 Å². The molecular weight excluding hydrogens is 352 g/mol. The van der Waals surface area contributed by atoms with Crippen LogP contribution in [0.5, 0.6) is 0 Å². The molecule has 3 aromatic rings. The quantitative estimate of drug-likeness (QED) is 0.630. The van der Waals surface area contributed by atoms with Crippen LogP contribution in [0.1, 0.15) is 25.6 Å². The molecule has 0 unspecified atom stereocenters. The van der Waals surface area contributed by atoms with Gasteiger partial charge in [-0.3, -0.25) is 10.3 Å². The van der Waals surface area contributed by atoms with Crippen molar-refractivity contribution in [2.75, 3.05) is 5.32 Å². The minimum absolute atomic E-state index is 0.222. The predicted octanol–water partition coefficient (Wildman–Crippen LogP) is 4.31. The van der Waals surface area contributed by atoms with Crippen LogP contribution < -0.4 is 10.6 Å². The summed E-state index contributed by atoms with van der Waals surface area (Å²) < 4.78 is 1.77. The summed E-state index contributed by atoms with van der Waals surface area (Å²) in [5, 5.41) is 10.9. The molecule has 2 N–H and O–H groups in total. The van der Waals surface area contributed by atoms with Crippen LogP contribution in [-0.4, -0.2) is 25.8 Å². The van der Waals surface area contributed by atoms with Crippen molar-refractivity contribution in [3.63, 3.8) is 0 Å². The van der Waals surface area contributed by atoms with E-state index in [4.69, 9.17) is 0 Å². The van der Waals surface area contributed by atoms with Gasteiger partial charge in [0.15, 0.2) is 0 Å². The second-order valence-corrected chi connectivity index (χ2v) is 6.09. The molecule has 0 bridgehead atoms. The Morgan fingerprint density at radius 1 is 1.29 bits per heavy atom. The topological polar surface area (TPSA) is 84.7 Å². The Balaban J connectivity index is 1.75. The first-order chi connectivity index (χ1) is 13.6. The van der Waals surface area contributed by atoms with Gasteiger partial charge in [0.2, 0.25) is 0 Å². The fourth-order valence-corrected chi connectivity index (χ4v) is 2.74. The molecule has 7 heteroatoms. The molecule has 3 aromatic heterocycles. The number of nitrogens with zero attached hydrogens (tertiary/aromatic N) is 4. The third-order valence-corrected chi connectivity index (χ3v) is 4.05. The molecule has 0 fully saturated rings. The normalized spacial score (nSPS) is 12.9. The first-order valence-electron chi connectivity index (χ1n) is 8.90. The Bertz CT molecular complexity index is 1040. The molecule has 3 rings (SSSR count). The maximum absolute atomic E-state index is 12.3. The summed E-state index contributed by atoms with van der Waals surface area (Å²) in [6, 6.07) is 6.79. The van der Waals surface area contributed by atoms with Crippen molar-refractivity contribution >= 4 is 28.4 Å². The molecular formula is C21H22N6O. The third kappa shape index (κ3) is 4.32. The second kappa shape index (κ2) is 8.77. The molecule has 0 spiro atoms. The second-order valence-electron chi connectivity index (χ2n) is 6.09. The Kier molecular flexibility index (Phi) is 5.96. The van der Waals surface area contributed by atoms with E-state index in [1.165, 1.54) is 0 Å². The number of aromatic nitrogens is 4. The highest BCUT2D eigenvalue weighted by Gasteiger charge is 2.12. The van der Waals surface area contributed by atoms with Crippen molar-refractivity contribution in [3.05, 3.63) is 79.4 Å². The number of carbonyl (C=O) groups excluding carboxylic acids is 1. The summed E-state index contributed by atoms with van der Waals surface area (Å²) in [4.78, 5) is 20.9. The van der Waals surface area contributed by atoms with Gasteiger partial charge in [0.05, 0.1) is 35.3 Å². The number of fused-ring (bicyclic) bond motifs is 1. The minimum atomic E-state index is -0.349. The van der Waals surface area contributed by atoms with Gasteiger partial charge >= 0.3 is 6.03 Å². The van der Waals surface area contributed by atoms with Gasteiger partial charge in [-0.15, -0.1) is 0 Å². The molecule has 142 valence electrons. The number of hydrogen-bond donors (Lipinski definition) is 2. The lowest BCUT2D eigenvalue weighted by Gasteiger charge is -2.13. The molecule has 0 aliphatic rings. The van der Waals surface area contributed by atoms with E-state index in [1.54, 1.807) is 35.4 Å². The zero-order chi connectivity index (χ0) is 19.9. The monoisotopic (exact) mass is 374 g/mol. The van der Waals surface area contributed by atoms with Crippen LogP contribution in [0.3, 0.4) is 0 Å². The van der Waals surface area contributed by atoms with E-state index in [0.29, 0.717) is 5.82 Å². The van der Waals surface area contributed by atoms with E-state index in [1.807, 2.05) is 50.3 Å². The Hall–Kier alpha value is -3.74. The number of amides is 2. The maximum atomic E-state index is 12.3. The first kappa shape index (κ1) is 19.0. The molecule has 2 amide bonds. The standard InChI is InChI=1S/C21H22N6O/c1-4-8-17(9-5-2)27-19-14-23-20(12-16(19)13-24-27)26-21(28)25-15(3)18-10-6-7-11-22-18/h4-15H,1H2,2-3H3,(H2,23,25,26,28)/b9-5-,17-8+/t15-/m1/s1. The van der Waals surface area contributed by atoms with E-state index in [9.17, 15) is 4.79 Å². The van der Waals surface area contributed by atoms with Crippen molar-refractivity contribution in [3.8, 4) is 0 Å². The van der Waals surface area contributed by atoms with E-state index in [-0.39, 0.29) is 12.1 Å². The van der Waals surface area contributed by atoms with Crippen LogP contribution in [0.2, 0.25) is 0 Å². The van der Waals surface area contributed by atoms with Crippen LogP contribution in [0.4, 0.5) is 10.6 Å². The zero-order valence-corrected chi connectivity index (χ0v) is 15.8. The fourth-order valence-electron chi connectivity index (χ4n) is 2.74. The summed E-state index contributed by atoms with van der Waals surface area (Å²) in [5.41, 5.74) is 2.49. The van der Waals surface area contributed by atoms with Gasteiger partial charge in [-0.25, -0.2) is 14.5 Å². The van der Waals surface area contributed by atoms with Crippen LogP contribution in [-0.2, 0) is 0 Å². The van der Waals surface area contributed by atoms with Crippen LogP contribution in [0.15, 0.2) is 73.7 Å². The van der Waals surface area contributed by atoms with Gasteiger partial charge in [0.1, 0.15) is 5.82 Å². The summed E-state index contributed by atoms with van der Waals surface area (Å²) >= 11 is 0. The van der Waals surface area contributed by atoms with Crippen LogP contribution >= 0.6 is 0 Å². The average molecular weight is 374 g/mol. The number of rotatable bonds is 6. The van der Waals surface area contributed by atoms with Crippen molar-refractivity contribution < 1.29 is 4.79 Å². The SMILES string of the molecule is C=C/C=C(\C=C/C)n1ncc2cc(NC(=O)N[C@H](C)c3ccccn3)ncc21. The molecule has 7 nitrogen and oxygen atoms in total. The summed E-state index contributed by atoms with van der Waals surface area (Å²) in [6.07, 6.45) is 12.6. The molecule has 0 aliphatic heterocycles. The lowest BCUT2D eigenvalue weighted by Crippen LogP contribution is -2.31. The van der Waals surface area contributed by atoms with E-state index in [0.717, 1.165) is 22.3 Å². The van der Waals surface area contributed by atoms with Crippen molar-refractivity contribution in [1.29, 1.82) is 0 Å². The van der Waals surface area contributed by atoms with E-state index >= 15 is 0 Å². The zero-order valence-electron chi connectivity index (χ0n) is 15.8. The number of carbonyl (C=O) groups is 1. The maximum Gasteiger partial charge on any atom is 0.320 e. The number of hydrogen-bond acceptors (Lipinski definition) is 4. The summed E-state index contributed by atoms with van der Waals surface area (Å²) in [5.74, 6) is 0.443. The van der Waals surface area contributed by atoms with Crippen LogP contribution in [0.25, 0.3) is 16.6 Å². The number of pyridine rings is 2. The van der Waals surface area contributed by atoms with Gasteiger partial charge in [0, 0.05) is 11.6 Å². The highest BCUT2D eigenvalue weighted by molar-refractivity contribution is 5.91. The molecule has 0 radical (unpaired) electrons. The lowest BCUT2D eigenvalue weighted by atomic mass is 10.2. The van der Waals surface area contributed by atoms with Gasteiger partial charge in [-0.1, -0.05) is 24.8 Å². The summed E-state index contributed by atoms with van der Waals surface area (Å²) in [7, 11) is 0. The van der Waals surface area contributed by atoms with Gasteiger partial charge in [0.25, 0.3) is 0 Å². The predicted molar refractivity (Wildman–Crippen MR) is 112 cm³/mol. The minimum Gasteiger partial charge on any atom is -0.330 e. The van der Waals surface area contributed by atoms with Crippen molar-refractivity contribution in [2.24, 2.45) is 0 Å². The lowest BCUT2D eigenvalue weighted by molar-refractivity contribution is 0.249. The van der Waals surface area contributed by atoms with E-state index < -0.39 is 0 Å². The van der Waals surface area contributed by atoms with Gasteiger partial charge in [-0.2, -0.15) is 5.10 Å². The number of anilines is 1. The number of nitrogens with one attached hydrogen (secondary N) is 2. The molecule has 0 saturated carbocycles. The van der Waals surface area contributed by atoms with Crippen molar-refractivity contribution in [1.82, 2.24) is 25.1 Å². The molecule has 28 heavy (non-hydrogen) atoms. The highest BCUT2D eigenvalue weighted by atomic mass is 16.2. The smallest absolute Gasteiger partial charge is 0.320 e. The fraction of sp³-hybridized carbons (Fsp3) is 0.143. The summed E-state index contributed by atoms with van der Waals surface area (Å²) in [6.45, 7) is 7.55. The third-order valence-electron chi connectivity index (χ3n) is 4.05. The van der Waals surface area contributed by atoms with Gasteiger partial charge in [-0.05, 0) is 44.2 Å². The molecule has 0 aliphatic carbocycles. The van der Waals surface area contributed by atoms with Gasteiger partial charge < -0.3 is 5.32 Å². The van der Waals surface area contributed by atoms with Crippen molar-refractivity contribution in [2.45, 2.75) is 19.9 Å². The number of allylic oxidation sites excluding steroid dienone is 5. The number of urea groups is 1. The molecule has 3 heterocycles. The largest absolute Gasteiger partial charge is 0.330 e. The molecule has 0 aromatic carbocycles. The Labute approximate surface area is 163 Å². The Morgan fingerprint density at radius 3 is 2.86 bits per heavy atom. The highest BCUT2D eigenvalue weighted by Crippen LogP contribution is 2.20. The average Bonchev–Trinajstić information content (AvgIpc) is 3.11.